The normalized spacial score (nSPS) is 15.2. The number of thiazole rings is 1. The zero-order chi connectivity index (χ0) is 17.5. The molecule has 7 heteroatoms. The molecule has 0 aliphatic carbocycles. The molecule has 0 radical (unpaired) electrons. The molecule has 0 unspecified atom stereocenters. The Morgan fingerprint density at radius 2 is 2.08 bits per heavy atom. The van der Waals surface area contributed by atoms with Crippen molar-refractivity contribution in [2.45, 2.75) is 19.2 Å². The van der Waals surface area contributed by atoms with Gasteiger partial charge in [-0.3, -0.25) is 9.69 Å². The number of hydrogen-bond acceptors (Lipinski definition) is 6. The summed E-state index contributed by atoms with van der Waals surface area (Å²) in [5, 5.41) is 5.60. The van der Waals surface area contributed by atoms with Gasteiger partial charge in [0.1, 0.15) is 0 Å². The molecule has 1 aliphatic rings. The maximum absolute atomic E-state index is 12.1. The van der Waals surface area contributed by atoms with Crippen LogP contribution in [0.25, 0.3) is 0 Å². The number of thioether (sulfide) groups is 1. The molecular weight excluding hydrogens is 354 g/mol. The molecule has 0 saturated carbocycles. The number of nitrogens with zero attached hydrogens (tertiary/aromatic N) is 2. The highest BCUT2D eigenvalue weighted by molar-refractivity contribution is 7.99. The van der Waals surface area contributed by atoms with Crippen LogP contribution in [0.4, 0.5) is 5.13 Å². The number of rotatable bonds is 7. The van der Waals surface area contributed by atoms with E-state index in [1.165, 1.54) is 22.5 Å². The number of benzene rings is 1. The SMILES string of the molecule is Cc1ccc(CSCC(=O)Nc2nc(CN3CCOCC3)cs2)cc1. The van der Waals surface area contributed by atoms with Gasteiger partial charge in [-0.25, -0.2) is 4.98 Å². The van der Waals surface area contributed by atoms with E-state index in [-0.39, 0.29) is 5.91 Å². The first kappa shape index (κ1) is 18.4. The predicted molar refractivity (Wildman–Crippen MR) is 104 cm³/mol. The van der Waals surface area contributed by atoms with Crippen LogP contribution >= 0.6 is 23.1 Å². The van der Waals surface area contributed by atoms with Gasteiger partial charge in [-0.1, -0.05) is 29.8 Å². The quantitative estimate of drug-likeness (QED) is 0.803. The van der Waals surface area contributed by atoms with E-state index in [9.17, 15) is 4.79 Å². The van der Waals surface area contributed by atoms with E-state index in [1.54, 1.807) is 11.8 Å². The molecule has 1 saturated heterocycles. The number of anilines is 1. The molecule has 0 spiro atoms. The largest absolute Gasteiger partial charge is 0.379 e. The van der Waals surface area contributed by atoms with Crippen LogP contribution in [0.5, 0.6) is 0 Å². The summed E-state index contributed by atoms with van der Waals surface area (Å²) in [5.74, 6) is 1.28. The molecule has 2 aromatic rings. The second-order valence-electron chi connectivity index (χ2n) is 6.06. The molecule has 2 heterocycles. The molecule has 0 atom stereocenters. The molecule has 1 N–H and O–H groups in total. The molecule has 25 heavy (non-hydrogen) atoms. The molecule has 1 aliphatic heterocycles. The fraction of sp³-hybridized carbons (Fsp3) is 0.444. The van der Waals surface area contributed by atoms with E-state index in [4.69, 9.17) is 4.74 Å². The fourth-order valence-corrected chi connectivity index (χ4v) is 4.03. The lowest BCUT2D eigenvalue weighted by Gasteiger charge is -2.25. The van der Waals surface area contributed by atoms with Crippen LogP contribution in [-0.2, 0) is 21.8 Å². The third-order valence-electron chi connectivity index (χ3n) is 3.91. The minimum absolute atomic E-state index is 0.00406. The van der Waals surface area contributed by atoms with Gasteiger partial charge in [-0.15, -0.1) is 23.1 Å². The van der Waals surface area contributed by atoms with Crippen molar-refractivity contribution in [3.8, 4) is 0 Å². The molecule has 5 nitrogen and oxygen atoms in total. The van der Waals surface area contributed by atoms with E-state index in [0.29, 0.717) is 10.9 Å². The maximum Gasteiger partial charge on any atom is 0.236 e. The van der Waals surface area contributed by atoms with Crippen molar-refractivity contribution in [2.24, 2.45) is 0 Å². The highest BCUT2D eigenvalue weighted by Gasteiger charge is 2.13. The fourth-order valence-electron chi connectivity index (χ4n) is 2.53. The first-order valence-corrected chi connectivity index (χ1v) is 10.4. The number of carbonyl (C=O) groups excluding carboxylic acids is 1. The Morgan fingerprint density at radius 3 is 2.84 bits per heavy atom. The van der Waals surface area contributed by atoms with Crippen molar-refractivity contribution < 1.29 is 9.53 Å². The Hall–Kier alpha value is -1.41. The molecule has 1 aromatic carbocycles. The minimum atomic E-state index is 0.00406. The van der Waals surface area contributed by atoms with E-state index in [0.717, 1.165) is 44.3 Å². The number of hydrogen-bond donors (Lipinski definition) is 1. The zero-order valence-corrected chi connectivity index (χ0v) is 16.0. The monoisotopic (exact) mass is 377 g/mol. The minimum Gasteiger partial charge on any atom is -0.379 e. The number of carbonyl (C=O) groups is 1. The highest BCUT2D eigenvalue weighted by atomic mass is 32.2. The van der Waals surface area contributed by atoms with Crippen molar-refractivity contribution in [1.82, 2.24) is 9.88 Å². The summed E-state index contributed by atoms with van der Waals surface area (Å²) in [5.41, 5.74) is 3.50. The van der Waals surface area contributed by atoms with Gasteiger partial charge >= 0.3 is 0 Å². The van der Waals surface area contributed by atoms with Crippen molar-refractivity contribution in [3.05, 3.63) is 46.5 Å². The smallest absolute Gasteiger partial charge is 0.236 e. The number of morpholine rings is 1. The third-order valence-corrected chi connectivity index (χ3v) is 5.72. The Kier molecular flexibility index (Phi) is 6.86. The number of amides is 1. The molecular formula is C18H23N3O2S2. The van der Waals surface area contributed by atoms with Gasteiger partial charge in [-0.05, 0) is 12.5 Å². The van der Waals surface area contributed by atoms with Crippen LogP contribution in [0.2, 0.25) is 0 Å². The summed E-state index contributed by atoms with van der Waals surface area (Å²) in [4.78, 5) is 18.9. The van der Waals surface area contributed by atoms with Crippen LogP contribution in [0.3, 0.4) is 0 Å². The topological polar surface area (TPSA) is 54.5 Å². The molecule has 3 rings (SSSR count). The van der Waals surface area contributed by atoms with Crippen molar-refractivity contribution in [2.75, 3.05) is 37.4 Å². The standard InChI is InChI=1S/C18H23N3O2S2/c1-14-2-4-15(5-3-14)11-24-13-17(22)20-18-19-16(12-25-18)10-21-6-8-23-9-7-21/h2-5,12H,6-11,13H2,1H3,(H,19,20,22). The summed E-state index contributed by atoms with van der Waals surface area (Å²) < 4.78 is 5.35. The van der Waals surface area contributed by atoms with Gasteiger partial charge in [0, 0.05) is 30.8 Å². The summed E-state index contributed by atoms with van der Waals surface area (Å²) in [6.07, 6.45) is 0. The van der Waals surface area contributed by atoms with Gasteiger partial charge in [-0.2, -0.15) is 0 Å². The van der Waals surface area contributed by atoms with Crippen LogP contribution in [0, 0.1) is 6.92 Å². The van der Waals surface area contributed by atoms with Crippen LogP contribution < -0.4 is 5.32 Å². The van der Waals surface area contributed by atoms with E-state index >= 15 is 0 Å². The number of aromatic nitrogens is 1. The van der Waals surface area contributed by atoms with E-state index in [2.05, 4.69) is 46.4 Å². The molecule has 134 valence electrons. The molecule has 1 fully saturated rings. The Labute approximate surface area is 156 Å². The lowest BCUT2D eigenvalue weighted by Crippen LogP contribution is -2.35. The van der Waals surface area contributed by atoms with Crippen molar-refractivity contribution in [3.63, 3.8) is 0 Å². The summed E-state index contributed by atoms with van der Waals surface area (Å²) in [7, 11) is 0. The maximum atomic E-state index is 12.1. The van der Waals surface area contributed by atoms with Gasteiger partial charge in [0.05, 0.1) is 24.7 Å². The molecule has 0 bridgehead atoms. The molecule has 1 aromatic heterocycles. The average molecular weight is 378 g/mol. The second kappa shape index (κ2) is 9.33. The second-order valence-corrected chi connectivity index (χ2v) is 7.90. The highest BCUT2D eigenvalue weighted by Crippen LogP contribution is 2.18. The lowest BCUT2D eigenvalue weighted by atomic mass is 10.2. The van der Waals surface area contributed by atoms with Gasteiger partial charge in [0.15, 0.2) is 5.13 Å². The van der Waals surface area contributed by atoms with Gasteiger partial charge < -0.3 is 10.1 Å². The summed E-state index contributed by atoms with van der Waals surface area (Å²) in [6.45, 7) is 6.34. The first-order valence-electron chi connectivity index (χ1n) is 8.37. The predicted octanol–water partition coefficient (Wildman–Crippen LogP) is 3.16. The number of aryl methyl sites for hydroxylation is 1. The lowest BCUT2D eigenvalue weighted by molar-refractivity contribution is -0.113. The first-order chi connectivity index (χ1) is 12.2. The van der Waals surface area contributed by atoms with Gasteiger partial charge in [0.25, 0.3) is 0 Å². The average Bonchev–Trinajstić information content (AvgIpc) is 3.04. The Morgan fingerprint density at radius 1 is 1.32 bits per heavy atom. The molecule has 1 amide bonds. The van der Waals surface area contributed by atoms with Crippen LogP contribution in [-0.4, -0.2) is 47.8 Å². The summed E-state index contributed by atoms with van der Waals surface area (Å²) in [6, 6.07) is 8.42. The van der Waals surface area contributed by atoms with Crippen molar-refractivity contribution in [1.29, 1.82) is 0 Å². The summed E-state index contributed by atoms with van der Waals surface area (Å²) >= 11 is 3.11. The Balaban J connectivity index is 1.39. The van der Waals surface area contributed by atoms with Crippen molar-refractivity contribution >= 4 is 34.1 Å². The van der Waals surface area contributed by atoms with E-state index < -0.39 is 0 Å². The number of nitrogens with one attached hydrogen (secondary N) is 1. The Bertz CT molecular complexity index is 682. The van der Waals surface area contributed by atoms with Crippen LogP contribution in [0.15, 0.2) is 29.6 Å². The van der Waals surface area contributed by atoms with Crippen LogP contribution in [0.1, 0.15) is 16.8 Å². The zero-order valence-electron chi connectivity index (χ0n) is 14.4. The third kappa shape index (κ3) is 6.11. The number of ether oxygens (including phenoxy) is 1. The van der Waals surface area contributed by atoms with Gasteiger partial charge in [0.2, 0.25) is 5.91 Å². The van der Waals surface area contributed by atoms with E-state index in [1.807, 2.05) is 5.38 Å².